The van der Waals surface area contributed by atoms with Gasteiger partial charge in [-0.25, -0.2) is 9.51 Å². The van der Waals surface area contributed by atoms with Crippen molar-refractivity contribution < 1.29 is 4.79 Å². The zero-order valence-corrected chi connectivity index (χ0v) is 15.3. The van der Waals surface area contributed by atoms with Gasteiger partial charge in [-0.3, -0.25) is 4.79 Å². The van der Waals surface area contributed by atoms with E-state index in [0.29, 0.717) is 11.4 Å². The lowest BCUT2D eigenvalue weighted by atomic mass is 10.1. The topological polar surface area (TPSA) is 88.0 Å². The number of carbonyl (C=O) groups excluding carboxylic acids is 1. The first kappa shape index (κ1) is 17.5. The lowest BCUT2D eigenvalue weighted by molar-refractivity contribution is -0.110. The van der Waals surface area contributed by atoms with Crippen molar-refractivity contribution in [1.29, 1.82) is 0 Å². The summed E-state index contributed by atoms with van der Waals surface area (Å²) >= 11 is 0. The number of piperidine rings is 1. The number of nitrogens with two attached hydrogens (primary N) is 1. The maximum Gasteiger partial charge on any atom is 0.180 e. The Morgan fingerprint density at radius 3 is 2.85 bits per heavy atom. The molecule has 2 aliphatic rings. The van der Waals surface area contributed by atoms with Gasteiger partial charge in [-0.15, -0.1) is 5.10 Å². The number of hydrogen-bond acceptors (Lipinski definition) is 6. The Morgan fingerprint density at radius 1 is 1.19 bits per heavy atom. The molecule has 3 N–H and O–H groups in total. The number of aliphatic imine (C=N–C) groups is 1. The molecule has 4 rings (SSSR count). The number of nitrogens with one attached hydrogen (secondary N) is 1. The highest BCUT2D eigenvalue weighted by molar-refractivity contribution is 6.20. The molecule has 2 aromatic heterocycles. The van der Waals surface area contributed by atoms with Crippen molar-refractivity contribution in [2.75, 3.05) is 31.5 Å². The van der Waals surface area contributed by atoms with Gasteiger partial charge in [0.05, 0.1) is 16.9 Å². The number of allylic oxidation sites excluding steroid dienone is 3. The standard InChI is InChI=1S/C20H24N6O/c21-16-14-15(27)7-8-17(16)23-19-18-6-2-5-12-26(18)24-20(19)22-9-13-25-10-3-1-4-11-25/h2,5-8,12,14H,1,3-4,9-11,13,21H2,(H,22,24). The second kappa shape index (κ2) is 7.75. The van der Waals surface area contributed by atoms with Gasteiger partial charge in [-0.05, 0) is 50.2 Å². The molecule has 1 saturated heterocycles. The fourth-order valence-electron chi connectivity index (χ4n) is 3.49. The molecule has 2 aromatic rings. The first-order valence-corrected chi connectivity index (χ1v) is 9.42. The lowest BCUT2D eigenvalue weighted by Crippen LogP contribution is -2.33. The molecule has 0 atom stereocenters. The van der Waals surface area contributed by atoms with Gasteiger partial charge >= 0.3 is 0 Å². The van der Waals surface area contributed by atoms with E-state index in [1.54, 1.807) is 10.6 Å². The predicted octanol–water partition coefficient (Wildman–Crippen LogP) is 2.29. The van der Waals surface area contributed by atoms with Crippen LogP contribution in [-0.4, -0.2) is 52.2 Å². The number of ketones is 1. The summed E-state index contributed by atoms with van der Waals surface area (Å²) < 4.78 is 1.81. The summed E-state index contributed by atoms with van der Waals surface area (Å²) in [5.74, 6) is 0.606. The summed E-state index contributed by atoms with van der Waals surface area (Å²) in [4.78, 5) is 18.7. The van der Waals surface area contributed by atoms with Crippen molar-refractivity contribution in [3.8, 4) is 0 Å². The molecule has 1 aliphatic carbocycles. The predicted molar refractivity (Wildman–Crippen MR) is 107 cm³/mol. The molecule has 1 aliphatic heterocycles. The molecule has 27 heavy (non-hydrogen) atoms. The van der Waals surface area contributed by atoms with Crippen LogP contribution in [0, 0.1) is 0 Å². The van der Waals surface area contributed by atoms with Crippen LogP contribution in [0.2, 0.25) is 0 Å². The summed E-state index contributed by atoms with van der Waals surface area (Å²) in [6, 6.07) is 5.86. The molecule has 140 valence electrons. The second-order valence-corrected chi connectivity index (χ2v) is 6.89. The molecule has 0 saturated carbocycles. The third kappa shape index (κ3) is 3.93. The van der Waals surface area contributed by atoms with Crippen LogP contribution < -0.4 is 11.1 Å². The third-order valence-corrected chi connectivity index (χ3v) is 4.91. The fraction of sp³-hybridized carbons (Fsp3) is 0.350. The van der Waals surface area contributed by atoms with E-state index >= 15 is 0 Å². The number of nitrogens with zero attached hydrogens (tertiary/aromatic N) is 4. The fourth-order valence-corrected chi connectivity index (χ4v) is 3.49. The van der Waals surface area contributed by atoms with Crippen molar-refractivity contribution in [3.05, 3.63) is 48.3 Å². The molecular weight excluding hydrogens is 340 g/mol. The highest BCUT2D eigenvalue weighted by Gasteiger charge is 2.16. The Kier molecular flexibility index (Phi) is 5.02. The maximum absolute atomic E-state index is 11.5. The van der Waals surface area contributed by atoms with Gasteiger partial charge in [-0.2, -0.15) is 0 Å². The average molecular weight is 364 g/mol. The Hall–Kier alpha value is -2.93. The van der Waals surface area contributed by atoms with Crippen molar-refractivity contribution in [2.45, 2.75) is 19.3 Å². The molecular formula is C20H24N6O. The number of hydrogen-bond donors (Lipinski definition) is 2. The van der Waals surface area contributed by atoms with Crippen LogP contribution in [0.5, 0.6) is 0 Å². The van der Waals surface area contributed by atoms with E-state index in [0.717, 1.165) is 30.1 Å². The van der Waals surface area contributed by atoms with Gasteiger partial charge in [0.1, 0.15) is 5.69 Å². The molecule has 7 heteroatoms. The van der Waals surface area contributed by atoms with E-state index in [-0.39, 0.29) is 5.78 Å². The van der Waals surface area contributed by atoms with Crippen molar-refractivity contribution in [3.63, 3.8) is 0 Å². The van der Waals surface area contributed by atoms with Crippen LogP contribution in [0.15, 0.2) is 53.3 Å². The van der Waals surface area contributed by atoms with E-state index in [2.05, 4.69) is 15.3 Å². The lowest BCUT2D eigenvalue weighted by Gasteiger charge is -2.26. The minimum Gasteiger partial charge on any atom is -0.397 e. The maximum atomic E-state index is 11.5. The largest absolute Gasteiger partial charge is 0.397 e. The number of pyridine rings is 1. The van der Waals surface area contributed by atoms with E-state index < -0.39 is 0 Å². The van der Waals surface area contributed by atoms with E-state index in [9.17, 15) is 4.79 Å². The van der Waals surface area contributed by atoms with Gasteiger partial charge in [0.15, 0.2) is 11.6 Å². The molecule has 0 radical (unpaired) electrons. The third-order valence-electron chi connectivity index (χ3n) is 4.91. The minimum atomic E-state index is -0.119. The van der Waals surface area contributed by atoms with Crippen molar-refractivity contribution in [1.82, 2.24) is 14.5 Å². The summed E-state index contributed by atoms with van der Waals surface area (Å²) in [6.07, 6.45) is 10.3. The van der Waals surface area contributed by atoms with Crippen LogP contribution in [0.3, 0.4) is 0 Å². The molecule has 0 unspecified atom stereocenters. The number of anilines is 1. The molecule has 0 bridgehead atoms. The molecule has 0 spiro atoms. The van der Waals surface area contributed by atoms with E-state index in [1.807, 2.05) is 24.4 Å². The van der Waals surface area contributed by atoms with Gasteiger partial charge in [-0.1, -0.05) is 12.5 Å². The van der Waals surface area contributed by atoms with Crippen LogP contribution in [0.1, 0.15) is 19.3 Å². The highest BCUT2D eigenvalue weighted by atomic mass is 16.1. The van der Waals surface area contributed by atoms with Crippen molar-refractivity contribution >= 4 is 28.5 Å². The van der Waals surface area contributed by atoms with Gasteiger partial charge in [0.25, 0.3) is 0 Å². The first-order valence-electron chi connectivity index (χ1n) is 9.42. The highest BCUT2D eigenvalue weighted by Crippen LogP contribution is 2.30. The zero-order chi connectivity index (χ0) is 18.6. The summed E-state index contributed by atoms with van der Waals surface area (Å²) in [5, 5.41) is 8.06. The average Bonchev–Trinajstić information content (AvgIpc) is 3.02. The number of rotatable bonds is 5. The number of fused-ring (bicyclic) bond motifs is 1. The first-order chi connectivity index (χ1) is 13.2. The van der Waals surface area contributed by atoms with Gasteiger partial charge < -0.3 is 16.0 Å². The number of aromatic nitrogens is 2. The van der Waals surface area contributed by atoms with Crippen LogP contribution >= 0.6 is 0 Å². The molecule has 1 fully saturated rings. The van der Waals surface area contributed by atoms with E-state index in [4.69, 9.17) is 10.7 Å². The second-order valence-electron chi connectivity index (χ2n) is 6.89. The Balaban J connectivity index is 1.59. The van der Waals surface area contributed by atoms with Gasteiger partial charge in [0.2, 0.25) is 0 Å². The van der Waals surface area contributed by atoms with Crippen LogP contribution in [-0.2, 0) is 4.79 Å². The smallest absolute Gasteiger partial charge is 0.180 e. The minimum absolute atomic E-state index is 0.119. The molecule has 0 amide bonds. The van der Waals surface area contributed by atoms with E-state index in [1.165, 1.54) is 44.5 Å². The molecule has 7 nitrogen and oxygen atoms in total. The molecule has 3 heterocycles. The Labute approximate surface area is 158 Å². The summed E-state index contributed by atoms with van der Waals surface area (Å²) in [6.45, 7) is 4.13. The summed E-state index contributed by atoms with van der Waals surface area (Å²) in [7, 11) is 0. The van der Waals surface area contributed by atoms with Crippen LogP contribution in [0.25, 0.3) is 5.52 Å². The summed E-state index contributed by atoms with van der Waals surface area (Å²) in [5.41, 5.74) is 8.56. The Morgan fingerprint density at radius 2 is 2.04 bits per heavy atom. The normalized spacial score (nSPS) is 19.6. The zero-order valence-electron chi connectivity index (χ0n) is 15.3. The Bertz CT molecular complexity index is 933. The monoisotopic (exact) mass is 364 g/mol. The SMILES string of the molecule is NC1=CC(=O)C=CC1=Nc1c(NCCN2CCCCC2)nn2ccccc12. The van der Waals surface area contributed by atoms with Crippen molar-refractivity contribution in [2.24, 2.45) is 10.7 Å². The number of carbonyl (C=O) groups is 1. The van der Waals surface area contributed by atoms with Crippen LogP contribution in [0.4, 0.5) is 11.5 Å². The molecule has 0 aromatic carbocycles. The van der Waals surface area contributed by atoms with Gasteiger partial charge in [0, 0.05) is 25.4 Å². The quantitative estimate of drug-likeness (QED) is 0.795. The number of likely N-dealkylation sites (tertiary alicyclic amines) is 1.